The number of hydrogen-bond acceptors (Lipinski definition) is 2. The van der Waals surface area contributed by atoms with Crippen LogP contribution in [-0.4, -0.2) is 23.0 Å². The highest BCUT2D eigenvalue weighted by Gasteiger charge is 2.14. The van der Waals surface area contributed by atoms with E-state index in [-0.39, 0.29) is 23.1 Å². The van der Waals surface area contributed by atoms with Gasteiger partial charge in [0.2, 0.25) is 5.91 Å². The van der Waals surface area contributed by atoms with Gasteiger partial charge in [0.05, 0.1) is 0 Å². The molecule has 0 aliphatic rings. The smallest absolute Gasteiger partial charge is 0.331 e. The van der Waals surface area contributed by atoms with Crippen LogP contribution in [0.5, 0.6) is 0 Å². The molecule has 1 aromatic carbocycles. The number of carbonyl (C=O) groups excluding carboxylic acids is 1. The minimum absolute atomic E-state index is 0.0679. The van der Waals surface area contributed by atoms with Crippen molar-refractivity contribution in [1.82, 2.24) is 5.32 Å². The molecule has 0 saturated carbocycles. The molecule has 1 aromatic rings. The lowest BCUT2D eigenvalue weighted by molar-refractivity contribution is -0.133. The first kappa shape index (κ1) is 16.4. The van der Waals surface area contributed by atoms with E-state index < -0.39 is 5.97 Å². The predicted octanol–water partition coefficient (Wildman–Crippen LogP) is 2.92. The molecule has 0 radical (unpaired) electrons. The van der Waals surface area contributed by atoms with Gasteiger partial charge in [-0.05, 0) is 44.9 Å². The summed E-state index contributed by atoms with van der Waals surface area (Å²) in [5.41, 5.74) is 1.41. The Balaban J connectivity index is 2.64. The molecule has 0 aliphatic carbocycles. The molecular formula is C15H18BrNO3. The standard InChI is InChI=1S/C15H18BrNO3/c1-9(8-12-4-6-13(16)7-5-12)17-14(18)10(2)11(3)15(19)20/h4-7,9H,8H2,1-3H3,(H,17,18)(H,19,20). The van der Waals surface area contributed by atoms with Gasteiger partial charge in [-0.15, -0.1) is 0 Å². The molecule has 1 rings (SSSR count). The fraction of sp³-hybridized carbons (Fsp3) is 0.333. The van der Waals surface area contributed by atoms with Crippen LogP contribution in [0.2, 0.25) is 0 Å². The van der Waals surface area contributed by atoms with Gasteiger partial charge in [0.25, 0.3) is 0 Å². The minimum atomic E-state index is -1.07. The van der Waals surface area contributed by atoms with Gasteiger partial charge in [0, 0.05) is 21.7 Å². The van der Waals surface area contributed by atoms with Gasteiger partial charge in [-0.1, -0.05) is 28.1 Å². The first-order valence-electron chi connectivity index (χ1n) is 6.27. The van der Waals surface area contributed by atoms with Crippen LogP contribution >= 0.6 is 15.9 Å². The number of hydrogen-bond donors (Lipinski definition) is 2. The Morgan fingerprint density at radius 3 is 2.25 bits per heavy atom. The third kappa shape index (κ3) is 4.81. The zero-order chi connectivity index (χ0) is 15.3. The number of carboxylic acid groups (broad SMARTS) is 1. The van der Waals surface area contributed by atoms with E-state index in [1.165, 1.54) is 13.8 Å². The largest absolute Gasteiger partial charge is 0.478 e. The molecule has 0 saturated heterocycles. The van der Waals surface area contributed by atoms with E-state index in [0.29, 0.717) is 6.42 Å². The van der Waals surface area contributed by atoms with Crippen LogP contribution < -0.4 is 5.32 Å². The van der Waals surface area contributed by atoms with E-state index in [4.69, 9.17) is 5.11 Å². The first-order valence-corrected chi connectivity index (χ1v) is 7.06. The van der Waals surface area contributed by atoms with Crippen LogP contribution in [0.4, 0.5) is 0 Å². The van der Waals surface area contributed by atoms with Crippen molar-refractivity contribution in [3.05, 3.63) is 45.4 Å². The molecule has 108 valence electrons. The Hall–Kier alpha value is -1.62. The van der Waals surface area contributed by atoms with E-state index >= 15 is 0 Å². The summed E-state index contributed by atoms with van der Waals surface area (Å²) in [6.45, 7) is 4.84. The number of carboxylic acids is 1. The van der Waals surface area contributed by atoms with Gasteiger partial charge < -0.3 is 10.4 Å². The molecule has 0 fully saturated rings. The average Bonchev–Trinajstić information content (AvgIpc) is 2.39. The molecule has 0 spiro atoms. The number of aliphatic carboxylic acids is 1. The van der Waals surface area contributed by atoms with Crippen molar-refractivity contribution in [3.8, 4) is 0 Å². The number of halogens is 1. The maximum absolute atomic E-state index is 11.9. The Kier molecular flexibility index (Phi) is 5.95. The molecule has 0 heterocycles. The molecular weight excluding hydrogens is 322 g/mol. The lowest BCUT2D eigenvalue weighted by atomic mass is 10.1. The van der Waals surface area contributed by atoms with E-state index in [2.05, 4.69) is 21.2 Å². The molecule has 2 N–H and O–H groups in total. The summed E-state index contributed by atoms with van der Waals surface area (Å²) < 4.78 is 1.01. The molecule has 1 unspecified atom stereocenters. The number of amides is 1. The maximum Gasteiger partial charge on any atom is 0.331 e. The third-order valence-electron chi connectivity index (χ3n) is 3.06. The summed E-state index contributed by atoms with van der Waals surface area (Å²) in [6, 6.07) is 7.79. The van der Waals surface area contributed by atoms with Crippen molar-refractivity contribution in [2.75, 3.05) is 0 Å². The van der Waals surface area contributed by atoms with Crippen LogP contribution in [-0.2, 0) is 16.0 Å². The van der Waals surface area contributed by atoms with Crippen LogP contribution in [0.25, 0.3) is 0 Å². The highest BCUT2D eigenvalue weighted by atomic mass is 79.9. The van der Waals surface area contributed by atoms with Crippen LogP contribution in [0.15, 0.2) is 39.9 Å². The SMILES string of the molecule is CC(C(=O)O)=C(C)C(=O)NC(C)Cc1ccc(Br)cc1. The van der Waals surface area contributed by atoms with Gasteiger partial charge in [0.15, 0.2) is 0 Å². The van der Waals surface area contributed by atoms with Gasteiger partial charge in [0.1, 0.15) is 0 Å². The predicted molar refractivity (Wildman–Crippen MR) is 81.5 cm³/mol. The minimum Gasteiger partial charge on any atom is -0.478 e. The third-order valence-corrected chi connectivity index (χ3v) is 3.59. The molecule has 0 bridgehead atoms. The van der Waals surface area contributed by atoms with Crippen molar-refractivity contribution < 1.29 is 14.7 Å². The molecule has 0 aliphatic heterocycles. The summed E-state index contributed by atoms with van der Waals surface area (Å²) in [5, 5.41) is 11.7. The van der Waals surface area contributed by atoms with Crippen molar-refractivity contribution in [3.63, 3.8) is 0 Å². The number of rotatable bonds is 5. The van der Waals surface area contributed by atoms with E-state index in [0.717, 1.165) is 10.0 Å². The number of carbonyl (C=O) groups is 2. The highest BCUT2D eigenvalue weighted by Crippen LogP contribution is 2.12. The number of nitrogens with one attached hydrogen (secondary N) is 1. The Bertz CT molecular complexity index is 535. The van der Waals surface area contributed by atoms with Gasteiger partial charge in [-0.25, -0.2) is 4.79 Å². The summed E-state index contributed by atoms with van der Waals surface area (Å²) in [4.78, 5) is 22.7. The van der Waals surface area contributed by atoms with Crippen molar-refractivity contribution in [2.45, 2.75) is 33.2 Å². The molecule has 1 atom stereocenters. The molecule has 4 nitrogen and oxygen atoms in total. The van der Waals surface area contributed by atoms with E-state index in [9.17, 15) is 9.59 Å². The van der Waals surface area contributed by atoms with Gasteiger partial charge in [-0.2, -0.15) is 0 Å². The van der Waals surface area contributed by atoms with Crippen molar-refractivity contribution >= 4 is 27.8 Å². The molecule has 20 heavy (non-hydrogen) atoms. The molecule has 0 aromatic heterocycles. The summed E-state index contributed by atoms with van der Waals surface area (Å²) >= 11 is 3.37. The second-order valence-electron chi connectivity index (χ2n) is 4.76. The highest BCUT2D eigenvalue weighted by molar-refractivity contribution is 9.10. The second kappa shape index (κ2) is 7.24. The van der Waals surface area contributed by atoms with Gasteiger partial charge in [-0.3, -0.25) is 4.79 Å². The number of benzene rings is 1. The van der Waals surface area contributed by atoms with Crippen LogP contribution in [0.3, 0.4) is 0 Å². The quantitative estimate of drug-likeness (QED) is 0.810. The Labute approximate surface area is 127 Å². The Morgan fingerprint density at radius 2 is 1.75 bits per heavy atom. The topological polar surface area (TPSA) is 66.4 Å². The zero-order valence-corrected chi connectivity index (χ0v) is 13.3. The fourth-order valence-electron chi connectivity index (χ4n) is 1.69. The second-order valence-corrected chi connectivity index (χ2v) is 5.68. The lowest BCUT2D eigenvalue weighted by Gasteiger charge is -2.15. The average molecular weight is 340 g/mol. The normalized spacial score (nSPS) is 13.4. The maximum atomic E-state index is 11.9. The van der Waals surface area contributed by atoms with E-state index in [1.54, 1.807) is 0 Å². The van der Waals surface area contributed by atoms with Crippen LogP contribution in [0.1, 0.15) is 26.3 Å². The van der Waals surface area contributed by atoms with Crippen molar-refractivity contribution in [1.29, 1.82) is 0 Å². The van der Waals surface area contributed by atoms with Gasteiger partial charge >= 0.3 is 5.97 Å². The zero-order valence-electron chi connectivity index (χ0n) is 11.7. The first-order chi connectivity index (χ1) is 9.31. The van der Waals surface area contributed by atoms with Crippen LogP contribution in [0, 0.1) is 0 Å². The fourth-order valence-corrected chi connectivity index (χ4v) is 1.95. The summed E-state index contributed by atoms with van der Waals surface area (Å²) in [6.07, 6.45) is 0.693. The molecule has 5 heteroatoms. The summed E-state index contributed by atoms with van der Waals surface area (Å²) in [5.74, 6) is -1.41. The Morgan fingerprint density at radius 1 is 1.20 bits per heavy atom. The monoisotopic (exact) mass is 339 g/mol. The van der Waals surface area contributed by atoms with E-state index in [1.807, 2.05) is 31.2 Å². The lowest BCUT2D eigenvalue weighted by Crippen LogP contribution is -2.35. The summed E-state index contributed by atoms with van der Waals surface area (Å²) in [7, 11) is 0. The molecule has 1 amide bonds. The van der Waals surface area contributed by atoms with Crippen molar-refractivity contribution in [2.24, 2.45) is 0 Å².